The van der Waals surface area contributed by atoms with Crippen molar-refractivity contribution in [3.8, 4) is 0 Å². The second-order valence-corrected chi connectivity index (χ2v) is 5.23. The molecule has 1 aliphatic carbocycles. The summed E-state index contributed by atoms with van der Waals surface area (Å²) in [7, 11) is 0. The Kier molecular flexibility index (Phi) is 2.93. The first kappa shape index (κ1) is 12.1. The van der Waals surface area contributed by atoms with E-state index in [0.717, 1.165) is 19.3 Å². The lowest BCUT2D eigenvalue weighted by molar-refractivity contribution is -0.142. The first-order valence-corrected chi connectivity index (χ1v) is 6.49. The van der Waals surface area contributed by atoms with Crippen LogP contribution in [0.25, 0.3) is 0 Å². The number of carbonyl (C=O) groups is 2. The highest BCUT2D eigenvalue weighted by Crippen LogP contribution is 2.42. The summed E-state index contributed by atoms with van der Waals surface area (Å²) in [5.74, 6) is -0.711. The summed E-state index contributed by atoms with van der Waals surface area (Å²) in [4.78, 5) is 25.4. The summed E-state index contributed by atoms with van der Waals surface area (Å²) in [5.41, 5.74) is 0.404. The van der Waals surface area contributed by atoms with E-state index < -0.39 is 12.0 Å². The maximum atomic E-state index is 12.4. The molecule has 1 aliphatic heterocycles. The lowest BCUT2D eigenvalue weighted by atomic mass is 9.94. The molecule has 3 rings (SSSR count). The Balaban J connectivity index is 1.88. The molecule has 100 valence electrons. The van der Waals surface area contributed by atoms with E-state index in [2.05, 4.69) is 10.2 Å². The summed E-state index contributed by atoms with van der Waals surface area (Å²) in [5, 5.41) is 16.7. The highest BCUT2D eigenvalue weighted by molar-refractivity contribution is 5.96. The Morgan fingerprint density at radius 1 is 1.32 bits per heavy atom. The van der Waals surface area contributed by atoms with E-state index in [9.17, 15) is 14.7 Å². The van der Waals surface area contributed by atoms with E-state index in [0.29, 0.717) is 18.0 Å². The zero-order valence-electron chi connectivity index (χ0n) is 10.4. The van der Waals surface area contributed by atoms with Gasteiger partial charge >= 0.3 is 5.97 Å². The van der Waals surface area contributed by atoms with E-state index in [4.69, 9.17) is 0 Å². The number of carbonyl (C=O) groups excluding carboxylic acids is 1. The van der Waals surface area contributed by atoms with Crippen LogP contribution in [-0.4, -0.2) is 44.7 Å². The number of fused-ring (bicyclic) bond motifs is 1. The SMILES string of the molecule is O=C(O)C1C2CCCC2CN1C(=O)c1ccnnc1. The number of carboxylic acid groups (broad SMARTS) is 1. The van der Waals surface area contributed by atoms with Crippen molar-refractivity contribution in [1.29, 1.82) is 0 Å². The second kappa shape index (κ2) is 4.60. The van der Waals surface area contributed by atoms with Gasteiger partial charge in [0.05, 0.1) is 18.0 Å². The molecule has 1 N–H and O–H groups in total. The fraction of sp³-hybridized carbons (Fsp3) is 0.538. The van der Waals surface area contributed by atoms with Gasteiger partial charge in [-0.2, -0.15) is 10.2 Å². The van der Waals surface area contributed by atoms with Crippen LogP contribution < -0.4 is 0 Å². The van der Waals surface area contributed by atoms with Crippen LogP contribution in [0.2, 0.25) is 0 Å². The lowest BCUT2D eigenvalue weighted by Gasteiger charge is -2.24. The Hall–Kier alpha value is -1.98. The third-order valence-corrected chi connectivity index (χ3v) is 4.24. The van der Waals surface area contributed by atoms with Crippen LogP contribution in [-0.2, 0) is 4.79 Å². The number of carboxylic acids is 1. The number of nitrogens with zero attached hydrogens (tertiary/aromatic N) is 3. The van der Waals surface area contributed by atoms with Gasteiger partial charge in [0, 0.05) is 6.54 Å². The normalized spacial score (nSPS) is 29.3. The predicted octanol–water partition coefficient (Wildman–Crippen LogP) is 0.802. The molecule has 19 heavy (non-hydrogen) atoms. The molecule has 1 amide bonds. The molecule has 1 saturated heterocycles. The van der Waals surface area contributed by atoms with Crippen LogP contribution in [0, 0.1) is 11.8 Å². The third-order valence-electron chi connectivity index (χ3n) is 4.24. The average Bonchev–Trinajstić information content (AvgIpc) is 2.98. The van der Waals surface area contributed by atoms with Gasteiger partial charge in [-0.15, -0.1) is 0 Å². The van der Waals surface area contributed by atoms with Gasteiger partial charge in [0.15, 0.2) is 0 Å². The number of hydrogen-bond acceptors (Lipinski definition) is 4. The van der Waals surface area contributed by atoms with Crippen LogP contribution in [0.15, 0.2) is 18.5 Å². The number of rotatable bonds is 2. The molecule has 6 nitrogen and oxygen atoms in total. The maximum absolute atomic E-state index is 12.4. The molecule has 1 aromatic rings. The van der Waals surface area contributed by atoms with Crippen molar-refractivity contribution in [2.45, 2.75) is 25.3 Å². The van der Waals surface area contributed by atoms with Crippen molar-refractivity contribution in [2.75, 3.05) is 6.54 Å². The van der Waals surface area contributed by atoms with Gasteiger partial charge in [-0.3, -0.25) is 4.79 Å². The fourth-order valence-electron chi connectivity index (χ4n) is 3.41. The van der Waals surface area contributed by atoms with Crippen molar-refractivity contribution in [3.05, 3.63) is 24.0 Å². The standard InChI is InChI=1S/C13H15N3O3/c17-12(8-4-5-14-15-6-8)16-7-9-2-1-3-10(9)11(16)13(18)19/h4-6,9-11H,1-3,7H2,(H,18,19). The molecular weight excluding hydrogens is 246 g/mol. The van der Waals surface area contributed by atoms with Crippen LogP contribution >= 0.6 is 0 Å². The molecule has 0 spiro atoms. The van der Waals surface area contributed by atoms with Crippen molar-refractivity contribution in [1.82, 2.24) is 15.1 Å². The Morgan fingerprint density at radius 2 is 2.16 bits per heavy atom. The second-order valence-electron chi connectivity index (χ2n) is 5.23. The highest BCUT2D eigenvalue weighted by atomic mass is 16.4. The van der Waals surface area contributed by atoms with E-state index in [1.807, 2.05) is 0 Å². The molecule has 0 radical (unpaired) electrons. The highest BCUT2D eigenvalue weighted by Gasteiger charge is 2.49. The van der Waals surface area contributed by atoms with Gasteiger partial charge in [0.1, 0.15) is 6.04 Å². The van der Waals surface area contributed by atoms with Gasteiger partial charge in [-0.25, -0.2) is 4.79 Å². The lowest BCUT2D eigenvalue weighted by Crippen LogP contribution is -2.43. The zero-order valence-corrected chi connectivity index (χ0v) is 10.4. The van der Waals surface area contributed by atoms with Gasteiger partial charge in [-0.05, 0) is 30.7 Å². The largest absolute Gasteiger partial charge is 0.480 e. The smallest absolute Gasteiger partial charge is 0.326 e. The van der Waals surface area contributed by atoms with E-state index in [1.54, 1.807) is 6.07 Å². The summed E-state index contributed by atoms with van der Waals surface area (Å²) < 4.78 is 0. The van der Waals surface area contributed by atoms with E-state index in [-0.39, 0.29) is 11.8 Å². The number of amides is 1. The molecule has 2 fully saturated rings. The minimum absolute atomic E-state index is 0.108. The third kappa shape index (κ3) is 1.97. The molecule has 2 aliphatic rings. The van der Waals surface area contributed by atoms with Gasteiger partial charge in [0.2, 0.25) is 0 Å². The van der Waals surface area contributed by atoms with Gasteiger partial charge in [-0.1, -0.05) is 6.42 Å². The molecule has 0 aromatic carbocycles. The first-order chi connectivity index (χ1) is 9.18. The molecular formula is C13H15N3O3. The average molecular weight is 261 g/mol. The number of hydrogen-bond donors (Lipinski definition) is 1. The molecule has 0 bridgehead atoms. The summed E-state index contributed by atoms with van der Waals surface area (Å²) in [6.45, 7) is 0.544. The van der Waals surface area contributed by atoms with Gasteiger partial charge in [0.25, 0.3) is 5.91 Å². The Labute approximate surface area is 110 Å². The van der Waals surface area contributed by atoms with Crippen molar-refractivity contribution < 1.29 is 14.7 Å². The van der Waals surface area contributed by atoms with Crippen LogP contribution in [0.1, 0.15) is 29.6 Å². The molecule has 2 heterocycles. The van der Waals surface area contributed by atoms with Crippen molar-refractivity contribution >= 4 is 11.9 Å². The Morgan fingerprint density at radius 3 is 2.84 bits per heavy atom. The van der Waals surface area contributed by atoms with E-state index in [1.165, 1.54) is 17.3 Å². The molecule has 1 aromatic heterocycles. The van der Waals surface area contributed by atoms with E-state index >= 15 is 0 Å². The molecule has 6 heteroatoms. The van der Waals surface area contributed by atoms with Crippen LogP contribution in [0.3, 0.4) is 0 Å². The molecule has 3 unspecified atom stereocenters. The van der Waals surface area contributed by atoms with Crippen molar-refractivity contribution in [2.24, 2.45) is 11.8 Å². The van der Waals surface area contributed by atoms with Crippen LogP contribution in [0.4, 0.5) is 0 Å². The number of aliphatic carboxylic acids is 1. The number of likely N-dealkylation sites (tertiary alicyclic amines) is 1. The fourth-order valence-corrected chi connectivity index (χ4v) is 3.41. The quantitative estimate of drug-likeness (QED) is 0.851. The summed E-state index contributed by atoms with van der Waals surface area (Å²) in [6.07, 6.45) is 5.82. The molecule has 3 atom stereocenters. The number of aromatic nitrogens is 2. The monoisotopic (exact) mass is 261 g/mol. The zero-order chi connectivity index (χ0) is 13.4. The predicted molar refractivity (Wildman–Crippen MR) is 65.3 cm³/mol. The topological polar surface area (TPSA) is 83.4 Å². The summed E-state index contributed by atoms with van der Waals surface area (Å²) >= 11 is 0. The first-order valence-electron chi connectivity index (χ1n) is 6.49. The van der Waals surface area contributed by atoms with Crippen LogP contribution in [0.5, 0.6) is 0 Å². The minimum atomic E-state index is -0.898. The summed E-state index contributed by atoms with van der Waals surface area (Å²) in [6, 6.07) is 0.885. The molecule has 1 saturated carbocycles. The van der Waals surface area contributed by atoms with Gasteiger partial charge < -0.3 is 10.0 Å². The van der Waals surface area contributed by atoms with Crippen molar-refractivity contribution in [3.63, 3.8) is 0 Å². The maximum Gasteiger partial charge on any atom is 0.326 e. The Bertz CT molecular complexity index is 505. The minimum Gasteiger partial charge on any atom is -0.480 e.